The van der Waals surface area contributed by atoms with Gasteiger partial charge in [0.15, 0.2) is 13.2 Å². The summed E-state index contributed by atoms with van der Waals surface area (Å²) in [7, 11) is 0. The van der Waals surface area contributed by atoms with Crippen molar-refractivity contribution in [3.63, 3.8) is 0 Å². The van der Waals surface area contributed by atoms with Gasteiger partial charge in [0.05, 0.1) is 16.6 Å². The third-order valence-electron chi connectivity index (χ3n) is 3.33. The molecule has 0 unspecified atom stereocenters. The van der Waals surface area contributed by atoms with Crippen molar-refractivity contribution in [1.82, 2.24) is 0 Å². The number of nitro benzene ring substituents is 1. The number of nitrogens with zero attached hydrogens (tertiary/aromatic N) is 2. The maximum atomic E-state index is 11.8. The van der Waals surface area contributed by atoms with Crippen molar-refractivity contribution in [2.45, 2.75) is 6.92 Å². The first-order valence-electron chi connectivity index (χ1n) is 7.72. The highest BCUT2D eigenvalue weighted by molar-refractivity contribution is 5.94. The van der Waals surface area contributed by atoms with Crippen LogP contribution in [-0.2, 0) is 14.3 Å². The number of benzene rings is 2. The molecule has 2 aromatic rings. The Balaban J connectivity index is 1.82. The van der Waals surface area contributed by atoms with Gasteiger partial charge in [-0.15, -0.1) is 0 Å². The summed E-state index contributed by atoms with van der Waals surface area (Å²) in [5.41, 5.74) is 0.886. The Hall–Kier alpha value is -3.93. The highest BCUT2D eigenvalue weighted by Gasteiger charge is 2.17. The van der Waals surface area contributed by atoms with E-state index in [0.717, 1.165) is 0 Å². The quantitative estimate of drug-likeness (QED) is 0.450. The van der Waals surface area contributed by atoms with E-state index in [1.54, 1.807) is 13.0 Å². The summed E-state index contributed by atoms with van der Waals surface area (Å²) in [6, 6.07) is 12.4. The van der Waals surface area contributed by atoms with Crippen LogP contribution < -0.4 is 10.1 Å². The number of hydrogen-bond donors (Lipinski definition) is 1. The van der Waals surface area contributed by atoms with Gasteiger partial charge in [-0.1, -0.05) is 6.07 Å². The molecule has 0 radical (unpaired) electrons. The fourth-order valence-corrected chi connectivity index (χ4v) is 2.04. The normalized spacial score (nSPS) is 9.78. The molecule has 1 N–H and O–H groups in total. The van der Waals surface area contributed by atoms with E-state index in [2.05, 4.69) is 5.32 Å². The zero-order valence-electron chi connectivity index (χ0n) is 14.3. The number of nitro groups is 1. The molecule has 0 aliphatic carbocycles. The Bertz CT molecular complexity index is 902. The van der Waals surface area contributed by atoms with Gasteiger partial charge in [-0.25, -0.2) is 4.79 Å². The molecule has 0 bridgehead atoms. The fourth-order valence-electron chi connectivity index (χ4n) is 2.04. The number of aryl methyl sites for hydroxylation is 1. The lowest BCUT2D eigenvalue weighted by molar-refractivity contribution is -0.384. The second-order valence-corrected chi connectivity index (χ2v) is 5.41. The molecule has 9 heteroatoms. The second-order valence-electron chi connectivity index (χ2n) is 5.41. The molecule has 0 atom stereocenters. The van der Waals surface area contributed by atoms with Gasteiger partial charge in [0.1, 0.15) is 11.4 Å². The topological polar surface area (TPSA) is 132 Å². The highest BCUT2D eigenvalue weighted by atomic mass is 16.6. The first-order chi connectivity index (χ1) is 12.9. The molecule has 0 spiro atoms. The van der Waals surface area contributed by atoms with Crippen molar-refractivity contribution in [1.29, 1.82) is 5.26 Å². The summed E-state index contributed by atoms with van der Waals surface area (Å²) < 4.78 is 9.95. The van der Waals surface area contributed by atoms with Crippen LogP contribution in [0.5, 0.6) is 5.75 Å². The summed E-state index contributed by atoms with van der Waals surface area (Å²) in [5.74, 6) is -1.13. The van der Waals surface area contributed by atoms with Crippen LogP contribution in [0, 0.1) is 28.4 Å². The van der Waals surface area contributed by atoms with E-state index >= 15 is 0 Å². The molecule has 1 amide bonds. The average molecular weight is 369 g/mol. The Morgan fingerprint density at radius 3 is 2.52 bits per heavy atom. The molecule has 0 saturated heterocycles. The van der Waals surface area contributed by atoms with E-state index in [0.29, 0.717) is 16.9 Å². The van der Waals surface area contributed by atoms with Gasteiger partial charge >= 0.3 is 5.97 Å². The summed E-state index contributed by atoms with van der Waals surface area (Å²) in [4.78, 5) is 33.9. The number of carbonyl (C=O) groups is 2. The van der Waals surface area contributed by atoms with Crippen LogP contribution in [0.15, 0.2) is 42.5 Å². The first kappa shape index (κ1) is 19.4. The number of carbonyl (C=O) groups excluding carboxylic acids is 2. The fraction of sp³-hybridized carbons (Fsp3) is 0.167. The zero-order chi connectivity index (χ0) is 19.8. The zero-order valence-corrected chi connectivity index (χ0v) is 14.3. The highest BCUT2D eigenvalue weighted by Crippen LogP contribution is 2.25. The third kappa shape index (κ3) is 5.82. The van der Waals surface area contributed by atoms with Gasteiger partial charge < -0.3 is 14.8 Å². The van der Waals surface area contributed by atoms with E-state index in [9.17, 15) is 19.7 Å². The first-order valence-corrected chi connectivity index (χ1v) is 7.72. The van der Waals surface area contributed by atoms with Crippen molar-refractivity contribution in [3.8, 4) is 11.8 Å². The standard InChI is InChI=1S/C18H15N3O6/c1-12-2-7-15(16(8-12)21(24)25)20-17(22)10-27-18(23)11-26-14-5-3-13(9-19)4-6-14/h2-8H,10-11H2,1H3,(H,20,22). The lowest BCUT2D eigenvalue weighted by Gasteiger charge is -2.08. The molecule has 0 aliphatic rings. The third-order valence-corrected chi connectivity index (χ3v) is 3.33. The maximum absolute atomic E-state index is 11.8. The van der Waals surface area contributed by atoms with Gasteiger partial charge in [0, 0.05) is 6.07 Å². The minimum atomic E-state index is -0.784. The number of ether oxygens (including phenoxy) is 2. The molecule has 27 heavy (non-hydrogen) atoms. The molecule has 0 aliphatic heterocycles. The minimum Gasteiger partial charge on any atom is -0.482 e. The minimum absolute atomic E-state index is 0.0143. The van der Waals surface area contributed by atoms with Crippen LogP contribution in [-0.4, -0.2) is 30.0 Å². The van der Waals surface area contributed by atoms with Crippen molar-refractivity contribution in [3.05, 3.63) is 63.7 Å². The predicted molar refractivity (Wildman–Crippen MR) is 94.1 cm³/mol. The van der Waals surface area contributed by atoms with Crippen LogP contribution >= 0.6 is 0 Å². The van der Waals surface area contributed by atoms with E-state index in [1.165, 1.54) is 36.4 Å². The molecule has 0 heterocycles. The molecule has 9 nitrogen and oxygen atoms in total. The van der Waals surface area contributed by atoms with Gasteiger partial charge in [-0.2, -0.15) is 5.26 Å². The summed E-state index contributed by atoms with van der Waals surface area (Å²) in [6.07, 6.45) is 0. The number of hydrogen-bond acceptors (Lipinski definition) is 7. The van der Waals surface area contributed by atoms with Gasteiger partial charge in [-0.05, 0) is 42.8 Å². The SMILES string of the molecule is Cc1ccc(NC(=O)COC(=O)COc2ccc(C#N)cc2)c([N+](=O)[O-])c1. The van der Waals surface area contributed by atoms with Crippen LogP contribution in [0.3, 0.4) is 0 Å². The average Bonchev–Trinajstić information content (AvgIpc) is 2.66. The number of amides is 1. The van der Waals surface area contributed by atoms with E-state index in [-0.39, 0.29) is 11.4 Å². The van der Waals surface area contributed by atoms with Crippen molar-refractivity contribution in [2.24, 2.45) is 0 Å². The monoisotopic (exact) mass is 369 g/mol. The molecule has 2 aromatic carbocycles. The molecule has 138 valence electrons. The molecule has 0 saturated carbocycles. The number of esters is 1. The van der Waals surface area contributed by atoms with E-state index in [1.807, 2.05) is 6.07 Å². The second kappa shape index (κ2) is 8.96. The molecule has 0 aromatic heterocycles. The van der Waals surface area contributed by atoms with Gasteiger partial charge in [0.25, 0.3) is 11.6 Å². The molecular formula is C18H15N3O6. The van der Waals surface area contributed by atoms with Crippen molar-refractivity contribution < 1.29 is 24.0 Å². The van der Waals surface area contributed by atoms with Gasteiger partial charge in [0.2, 0.25) is 0 Å². The van der Waals surface area contributed by atoms with Crippen molar-refractivity contribution in [2.75, 3.05) is 18.5 Å². The van der Waals surface area contributed by atoms with Crippen molar-refractivity contribution >= 4 is 23.3 Å². The maximum Gasteiger partial charge on any atom is 0.344 e. The molecule has 0 fully saturated rings. The van der Waals surface area contributed by atoms with E-state index in [4.69, 9.17) is 14.7 Å². The predicted octanol–water partition coefficient (Wildman–Crippen LogP) is 2.34. The smallest absolute Gasteiger partial charge is 0.344 e. The summed E-state index contributed by atoms with van der Waals surface area (Å²) in [6.45, 7) is 0.651. The lowest BCUT2D eigenvalue weighted by atomic mass is 10.2. The number of nitrogens with one attached hydrogen (secondary N) is 1. The Kier molecular flexibility index (Phi) is 6.44. The number of nitriles is 1. The Morgan fingerprint density at radius 1 is 1.19 bits per heavy atom. The van der Waals surface area contributed by atoms with Crippen LogP contribution in [0.25, 0.3) is 0 Å². The molecule has 2 rings (SSSR count). The number of rotatable bonds is 7. The van der Waals surface area contributed by atoms with Crippen LogP contribution in [0.1, 0.15) is 11.1 Å². The molecular weight excluding hydrogens is 354 g/mol. The Morgan fingerprint density at radius 2 is 1.89 bits per heavy atom. The summed E-state index contributed by atoms with van der Waals surface area (Å²) in [5, 5.41) is 22.0. The van der Waals surface area contributed by atoms with Crippen LogP contribution in [0.4, 0.5) is 11.4 Å². The largest absolute Gasteiger partial charge is 0.482 e. The Labute approximate surface area is 154 Å². The lowest BCUT2D eigenvalue weighted by Crippen LogP contribution is -2.24. The number of anilines is 1. The summed E-state index contributed by atoms with van der Waals surface area (Å²) >= 11 is 0. The van der Waals surface area contributed by atoms with E-state index < -0.39 is 30.0 Å². The van der Waals surface area contributed by atoms with Crippen LogP contribution in [0.2, 0.25) is 0 Å². The van der Waals surface area contributed by atoms with Gasteiger partial charge in [-0.3, -0.25) is 14.9 Å².